The van der Waals surface area contributed by atoms with Gasteiger partial charge < -0.3 is 4.90 Å². The van der Waals surface area contributed by atoms with Gasteiger partial charge in [0.2, 0.25) is 10.0 Å². The molecule has 1 rings (SSSR count). The van der Waals surface area contributed by atoms with Gasteiger partial charge in [0.1, 0.15) is 4.90 Å². The van der Waals surface area contributed by atoms with Crippen LogP contribution in [0.4, 0.5) is 0 Å². The van der Waals surface area contributed by atoms with Gasteiger partial charge in [-0.15, -0.1) is 0 Å². The molecule has 21 heavy (non-hydrogen) atoms. The lowest BCUT2D eigenvalue weighted by molar-refractivity contribution is 0.0699. The van der Waals surface area contributed by atoms with Gasteiger partial charge >= 0.3 is 0 Å². The molecule has 0 saturated heterocycles. The van der Waals surface area contributed by atoms with Crippen molar-refractivity contribution in [3.8, 4) is 0 Å². The van der Waals surface area contributed by atoms with E-state index in [-0.39, 0.29) is 32.5 Å². The molecule has 0 bridgehead atoms. The maximum absolute atomic E-state index is 12.5. The van der Waals surface area contributed by atoms with Crippen LogP contribution < -0.4 is 5.14 Å². The fourth-order valence-corrected chi connectivity index (χ4v) is 3.29. The number of carbonyl (C=O) groups is 1. The average molecular weight is 353 g/mol. The van der Waals surface area contributed by atoms with Crippen LogP contribution in [0.3, 0.4) is 0 Å². The molecular weight excluding hydrogens is 335 g/mol. The zero-order valence-electron chi connectivity index (χ0n) is 12.1. The van der Waals surface area contributed by atoms with Gasteiger partial charge in [0.05, 0.1) is 10.0 Å². The van der Waals surface area contributed by atoms with Crippen LogP contribution in [-0.2, 0) is 10.0 Å². The van der Waals surface area contributed by atoms with E-state index in [2.05, 4.69) is 0 Å². The van der Waals surface area contributed by atoms with Gasteiger partial charge in [0, 0.05) is 18.2 Å². The third-order valence-electron chi connectivity index (χ3n) is 3.27. The van der Waals surface area contributed by atoms with Gasteiger partial charge in [0.15, 0.2) is 0 Å². The first-order valence-electron chi connectivity index (χ1n) is 6.46. The molecule has 0 heterocycles. The van der Waals surface area contributed by atoms with E-state index in [1.165, 1.54) is 6.07 Å². The summed E-state index contributed by atoms with van der Waals surface area (Å²) in [6.07, 6.45) is 0.781. The van der Waals surface area contributed by atoms with Crippen LogP contribution in [0.1, 0.15) is 37.6 Å². The van der Waals surface area contributed by atoms with Crippen molar-refractivity contribution >= 4 is 39.1 Å². The van der Waals surface area contributed by atoms with Crippen molar-refractivity contribution in [3.05, 3.63) is 27.7 Å². The number of sulfonamides is 1. The molecule has 0 aromatic heterocycles. The predicted molar refractivity (Wildman–Crippen MR) is 84.3 cm³/mol. The molecule has 0 fully saturated rings. The Kier molecular flexibility index (Phi) is 6.04. The summed E-state index contributed by atoms with van der Waals surface area (Å²) < 4.78 is 23.0. The van der Waals surface area contributed by atoms with Crippen molar-refractivity contribution in [1.29, 1.82) is 0 Å². The highest BCUT2D eigenvalue weighted by Crippen LogP contribution is 2.30. The molecule has 2 N–H and O–H groups in total. The zero-order valence-corrected chi connectivity index (χ0v) is 14.4. The van der Waals surface area contributed by atoms with Crippen molar-refractivity contribution in [2.75, 3.05) is 6.54 Å². The second-order valence-electron chi connectivity index (χ2n) is 4.66. The molecular formula is C13H18Cl2N2O3S. The van der Waals surface area contributed by atoms with Gasteiger partial charge in [-0.25, -0.2) is 13.6 Å². The number of amides is 1. The Morgan fingerprint density at radius 1 is 1.33 bits per heavy atom. The van der Waals surface area contributed by atoms with Gasteiger partial charge in [0.25, 0.3) is 5.91 Å². The molecule has 5 nitrogen and oxygen atoms in total. The Morgan fingerprint density at radius 3 is 2.33 bits per heavy atom. The van der Waals surface area contributed by atoms with Crippen molar-refractivity contribution in [1.82, 2.24) is 4.90 Å². The molecule has 1 aromatic carbocycles. The zero-order chi connectivity index (χ0) is 16.4. The molecule has 0 radical (unpaired) electrons. The molecule has 1 aromatic rings. The Bertz CT molecular complexity index is 647. The SMILES string of the molecule is CCC(C)N(CC)C(=O)c1cc(Cl)c(Cl)c(S(N)(=O)=O)c1. The van der Waals surface area contributed by atoms with E-state index in [1.807, 2.05) is 20.8 Å². The lowest BCUT2D eigenvalue weighted by Crippen LogP contribution is -2.38. The number of primary sulfonamides is 1. The number of nitrogens with zero attached hydrogens (tertiary/aromatic N) is 1. The van der Waals surface area contributed by atoms with Crippen LogP contribution >= 0.6 is 23.2 Å². The van der Waals surface area contributed by atoms with Crippen molar-refractivity contribution < 1.29 is 13.2 Å². The van der Waals surface area contributed by atoms with Gasteiger partial charge in [-0.1, -0.05) is 30.1 Å². The maximum atomic E-state index is 12.5. The Hall–Kier alpha value is -0.820. The summed E-state index contributed by atoms with van der Waals surface area (Å²) in [5, 5.41) is 4.89. The molecule has 0 saturated carbocycles. The number of carbonyl (C=O) groups excluding carboxylic acids is 1. The molecule has 1 amide bonds. The number of rotatable bonds is 5. The number of halogens is 2. The van der Waals surface area contributed by atoms with Crippen LogP contribution in [0, 0.1) is 0 Å². The van der Waals surface area contributed by atoms with E-state index >= 15 is 0 Å². The highest BCUT2D eigenvalue weighted by Gasteiger charge is 2.23. The van der Waals surface area contributed by atoms with E-state index in [9.17, 15) is 13.2 Å². The van der Waals surface area contributed by atoms with Crippen LogP contribution in [0.5, 0.6) is 0 Å². The monoisotopic (exact) mass is 352 g/mol. The number of nitrogens with two attached hydrogens (primary N) is 1. The minimum atomic E-state index is -4.06. The fourth-order valence-electron chi connectivity index (χ4n) is 1.94. The van der Waals surface area contributed by atoms with Gasteiger partial charge in [-0.05, 0) is 32.4 Å². The first-order valence-corrected chi connectivity index (χ1v) is 8.76. The molecule has 118 valence electrons. The summed E-state index contributed by atoms with van der Waals surface area (Å²) in [6.45, 7) is 6.23. The normalized spacial score (nSPS) is 13.0. The summed E-state index contributed by atoms with van der Waals surface area (Å²) in [5.74, 6) is -0.310. The molecule has 0 spiro atoms. The van der Waals surface area contributed by atoms with Crippen LogP contribution in [0.15, 0.2) is 17.0 Å². The van der Waals surface area contributed by atoms with Crippen molar-refractivity contribution in [3.63, 3.8) is 0 Å². The average Bonchev–Trinajstić information content (AvgIpc) is 2.40. The Morgan fingerprint density at radius 2 is 1.90 bits per heavy atom. The maximum Gasteiger partial charge on any atom is 0.254 e. The summed E-state index contributed by atoms with van der Waals surface area (Å²) in [7, 11) is -4.06. The minimum Gasteiger partial charge on any atom is -0.336 e. The Balaban J connectivity index is 3.38. The van der Waals surface area contributed by atoms with E-state index in [4.69, 9.17) is 28.3 Å². The third-order valence-corrected chi connectivity index (χ3v) is 5.12. The minimum absolute atomic E-state index is 0.0215. The van der Waals surface area contributed by atoms with E-state index < -0.39 is 10.0 Å². The van der Waals surface area contributed by atoms with Gasteiger partial charge in [-0.3, -0.25) is 4.79 Å². The van der Waals surface area contributed by atoms with E-state index in [0.29, 0.717) is 6.54 Å². The molecule has 1 atom stereocenters. The second kappa shape index (κ2) is 6.96. The summed E-state index contributed by atoms with van der Waals surface area (Å²) in [6, 6.07) is 2.54. The molecule has 0 aliphatic carbocycles. The fraction of sp³-hybridized carbons (Fsp3) is 0.462. The van der Waals surface area contributed by atoms with Crippen LogP contribution in [0.25, 0.3) is 0 Å². The van der Waals surface area contributed by atoms with Gasteiger partial charge in [-0.2, -0.15) is 0 Å². The number of benzene rings is 1. The topological polar surface area (TPSA) is 80.5 Å². The summed E-state index contributed by atoms with van der Waals surface area (Å²) in [5.41, 5.74) is 0.149. The van der Waals surface area contributed by atoms with Crippen molar-refractivity contribution in [2.24, 2.45) is 5.14 Å². The summed E-state index contributed by atoms with van der Waals surface area (Å²) in [4.78, 5) is 13.8. The van der Waals surface area contributed by atoms with E-state index in [0.717, 1.165) is 12.5 Å². The highest BCUT2D eigenvalue weighted by atomic mass is 35.5. The van der Waals surface area contributed by atoms with Crippen LogP contribution in [0.2, 0.25) is 10.0 Å². The number of hydrogen-bond acceptors (Lipinski definition) is 3. The lowest BCUT2D eigenvalue weighted by Gasteiger charge is -2.27. The van der Waals surface area contributed by atoms with Crippen molar-refractivity contribution in [2.45, 2.75) is 38.1 Å². The lowest BCUT2D eigenvalue weighted by atomic mass is 10.1. The molecule has 1 unspecified atom stereocenters. The van der Waals surface area contributed by atoms with E-state index in [1.54, 1.807) is 4.90 Å². The first kappa shape index (κ1) is 18.2. The Labute approximate surface area is 135 Å². The third kappa shape index (κ3) is 4.10. The molecule has 0 aliphatic heterocycles. The molecule has 8 heteroatoms. The summed E-state index contributed by atoms with van der Waals surface area (Å²) >= 11 is 11.7. The smallest absolute Gasteiger partial charge is 0.254 e. The highest BCUT2D eigenvalue weighted by molar-refractivity contribution is 7.89. The standard InChI is InChI=1S/C13H18Cl2N2O3S/c1-4-8(3)17(5-2)13(18)9-6-10(14)12(15)11(7-9)21(16,19)20/h6-8H,4-5H2,1-3H3,(H2,16,19,20). The second-order valence-corrected chi connectivity index (χ2v) is 6.98. The quantitative estimate of drug-likeness (QED) is 0.884. The number of hydrogen-bond donors (Lipinski definition) is 1. The first-order chi connectivity index (χ1) is 9.63. The largest absolute Gasteiger partial charge is 0.336 e. The molecule has 0 aliphatic rings. The predicted octanol–water partition coefficient (Wildman–Crippen LogP) is 2.90. The van der Waals surface area contributed by atoms with Crippen LogP contribution in [-0.4, -0.2) is 31.8 Å².